The van der Waals surface area contributed by atoms with Crippen molar-refractivity contribution in [2.75, 3.05) is 45.9 Å². The number of nitrogens with zero attached hydrogens (tertiary/aromatic N) is 3. The van der Waals surface area contributed by atoms with Crippen LogP contribution in [0.1, 0.15) is 30.5 Å². The number of rotatable bonds is 5. The summed E-state index contributed by atoms with van der Waals surface area (Å²) in [6, 6.07) is 0. The molecule has 2 aliphatic heterocycles. The van der Waals surface area contributed by atoms with E-state index in [1.165, 1.54) is 17.7 Å². The van der Waals surface area contributed by atoms with Crippen LogP contribution in [-0.4, -0.2) is 71.8 Å². The minimum atomic E-state index is 0.308. The van der Waals surface area contributed by atoms with Crippen molar-refractivity contribution in [3.8, 4) is 0 Å². The highest BCUT2D eigenvalue weighted by atomic mass is 16.5. The number of aromatic nitrogens is 2. The van der Waals surface area contributed by atoms with Crippen LogP contribution in [-0.2, 0) is 16.0 Å². The Morgan fingerprint density at radius 3 is 2.96 bits per heavy atom. The summed E-state index contributed by atoms with van der Waals surface area (Å²) in [6.45, 7) is 8.26. The number of aryl methyl sites for hydroxylation is 1. The summed E-state index contributed by atoms with van der Waals surface area (Å²) in [5.41, 5.74) is 2.44. The van der Waals surface area contributed by atoms with Gasteiger partial charge in [-0.15, -0.1) is 0 Å². The van der Waals surface area contributed by atoms with Crippen molar-refractivity contribution in [1.82, 2.24) is 20.0 Å². The number of morpholine rings is 1. The zero-order valence-electron chi connectivity index (χ0n) is 14.1. The van der Waals surface area contributed by atoms with E-state index in [4.69, 9.17) is 4.74 Å². The predicted octanol–water partition coefficient (Wildman–Crippen LogP) is 1.22. The predicted molar refractivity (Wildman–Crippen MR) is 88.2 cm³/mol. The zero-order chi connectivity index (χ0) is 16.1. The largest absolute Gasteiger partial charge is 0.379 e. The van der Waals surface area contributed by atoms with Gasteiger partial charge in [0.15, 0.2) is 0 Å². The molecule has 1 amide bonds. The van der Waals surface area contributed by atoms with Gasteiger partial charge < -0.3 is 9.64 Å². The molecule has 2 aliphatic rings. The van der Waals surface area contributed by atoms with Crippen molar-refractivity contribution in [3.63, 3.8) is 0 Å². The molecule has 3 rings (SSSR count). The fraction of sp³-hybridized carbons (Fsp3) is 0.765. The molecule has 1 aromatic rings. The van der Waals surface area contributed by atoms with E-state index in [0.29, 0.717) is 18.2 Å². The summed E-state index contributed by atoms with van der Waals surface area (Å²) in [6.07, 6.45) is 5.82. The molecule has 6 nitrogen and oxygen atoms in total. The van der Waals surface area contributed by atoms with Crippen molar-refractivity contribution < 1.29 is 9.53 Å². The highest BCUT2D eigenvalue weighted by Gasteiger charge is 2.25. The molecule has 0 radical (unpaired) electrons. The van der Waals surface area contributed by atoms with E-state index in [2.05, 4.69) is 26.9 Å². The molecule has 0 bridgehead atoms. The van der Waals surface area contributed by atoms with E-state index in [0.717, 1.165) is 58.8 Å². The maximum Gasteiger partial charge on any atom is 0.223 e. The molecule has 1 N–H and O–H groups in total. The van der Waals surface area contributed by atoms with E-state index >= 15 is 0 Å². The van der Waals surface area contributed by atoms with Crippen LogP contribution in [0.25, 0.3) is 0 Å². The van der Waals surface area contributed by atoms with Crippen molar-refractivity contribution >= 4 is 5.91 Å². The van der Waals surface area contributed by atoms with Crippen molar-refractivity contribution in [2.45, 2.75) is 32.6 Å². The first-order valence-electron chi connectivity index (χ1n) is 8.79. The topological polar surface area (TPSA) is 61.5 Å². The molecule has 2 fully saturated rings. The number of piperidine rings is 1. The third-order valence-electron chi connectivity index (χ3n) is 5.04. The lowest BCUT2D eigenvalue weighted by atomic mass is 9.92. The fourth-order valence-corrected chi connectivity index (χ4v) is 3.56. The lowest BCUT2D eigenvalue weighted by Crippen LogP contribution is -2.43. The van der Waals surface area contributed by atoms with Gasteiger partial charge in [0.05, 0.1) is 19.4 Å². The van der Waals surface area contributed by atoms with Gasteiger partial charge in [-0.2, -0.15) is 5.10 Å². The first-order valence-corrected chi connectivity index (χ1v) is 8.79. The van der Waals surface area contributed by atoms with Crippen LogP contribution in [0, 0.1) is 12.8 Å². The van der Waals surface area contributed by atoms with Gasteiger partial charge >= 0.3 is 0 Å². The molecule has 3 heterocycles. The molecule has 6 heteroatoms. The molecule has 0 saturated carbocycles. The smallest absolute Gasteiger partial charge is 0.223 e. The van der Waals surface area contributed by atoms with Gasteiger partial charge in [0.1, 0.15) is 0 Å². The molecule has 0 aromatic carbocycles. The molecule has 0 spiro atoms. The summed E-state index contributed by atoms with van der Waals surface area (Å²) < 4.78 is 5.35. The van der Waals surface area contributed by atoms with Crippen LogP contribution in [0.15, 0.2) is 6.20 Å². The van der Waals surface area contributed by atoms with E-state index in [1.54, 1.807) is 0 Å². The summed E-state index contributed by atoms with van der Waals surface area (Å²) in [7, 11) is 0. The van der Waals surface area contributed by atoms with Gasteiger partial charge in [0, 0.05) is 44.8 Å². The van der Waals surface area contributed by atoms with E-state index in [-0.39, 0.29) is 0 Å². The Bertz CT molecular complexity index is 510. The lowest BCUT2D eigenvalue weighted by molar-refractivity contribution is -0.133. The van der Waals surface area contributed by atoms with Crippen LogP contribution in [0.2, 0.25) is 0 Å². The molecular weight excluding hydrogens is 292 g/mol. The number of likely N-dealkylation sites (tertiary alicyclic amines) is 1. The Morgan fingerprint density at radius 1 is 1.39 bits per heavy atom. The third-order valence-corrected chi connectivity index (χ3v) is 5.04. The average Bonchev–Trinajstić information content (AvgIpc) is 2.99. The second-order valence-corrected chi connectivity index (χ2v) is 6.79. The maximum absolute atomic E-state index is 12.5. The van der Waals surface area contributed by atoms with Gasteiger partial charge in [-0.3, -0.25) is 14.8 Å². The number of carbonyl (C=O) groups excluding carboxylic acids is 1. The summed E-state index contributed by atoms with van der Waals surface area (Å²) in [5.74, 6) is 0.859. The highest BCUT2D eigenvalue weighted by Crippen LogP contribution is 2.22. The maximum atomic E-state index is 12.5. The number of hydrogen-bond donors (Lipinski definition) is 1. The number of ether oxygens (including phenoxy) is 1. The highest BCUT2D eigenvalue weighted by molar-refractivity contribution is 5.76. The lowest BCUT2D eigenvalue weighted by Gasteiger charge is -2.34. The SMILES string of the molecule is Cc1cn[nH]c1C[C@H]1CCCN(C(=O)CCN2CCOCC2)C1. The molecular formula is C17H28N4O2. The summed E-state index contributed by atoms with van der Waals surface area (Å²) >= 11 is 0. The first-order chi connectivity index (χ1) is 11.2. The Hall–Kier alpha value is -1.40. The second-order valence-electron chi connectivity index (χ2n) is 6.79. The van der Waals surface area contributed by atoms with Crippen LogP contribution < -0.4 is 0 Å². The fourth-order valence-electron chi connectivity index (χ4n) is 3.56. The third kappa shape index (κ3) is 4.54. The Balaban J connectivity index is 1.45. The number of aromatic amines is 1. The molecule has 0 aliphatic carbocycles. The monoisotopic (exact) mass is 320 g/mol. The Kier molecular flexibility index (Phi) is 5.67. The zero-order valence-corrected chi connectivity index (χ0v) is 14.1. The number of H-pyrrole nitrogens is 1. The van der Waals surface area contributed by atoms with Crippen molar-refractivity contribution in [1.29, 1.82) is 0 Å². The van der Waals surface area contributed by atoms with Crippen LogP contribution in [0.4, 0.5) is 0 Å². The van der Waals surface area contributed by atoms with E-state index < -0.39 is 0 Å². The minimum Gasteiger partial charge on any atom is -0.379 e. The molecule has 1 atom stereocenters. The molecule has 23 heavy (non-hydrogen) atoms. The molecule has 128 valence electrons. The van der Waals surface area contributed by atoms with Gasteiger partial charge in [0.2, 0.25) is 5.91 Å². The van der Waals surface area contributed by atoms with Crippen LogP contribution in [0.5, 0.6) is 0 Å². The Morgan fingerprint density at radius 2 is 2.22 bits per heavy atom. The van der Waals surface area contributed by atoms with Crippen molar-refractivity contribution in [2.24, 2.45) is 5.92 Å². The van der Waals surface area contributed by atoms with Gasteiger partial charge in [0.25, 0.3) is 0 Å². The minimum absolute atomic E-state index is 0.308. The quantitative estimate of drug-likeness (QED) is 0.886. The van der Waals surface area contributed by atoms with Gasteiger partial charge in [-0.05, 0) is 37.7 Å². The Labute approximate surface area is 138 Å². The average molecular weight is 320 g/mol. The number of nitrogens with one attached hydrogen (secondary N) is 1. The molecule has 1 aromatic heterocycles. The standard InChI is InChI=1S/C17H28N4O2/c1-14-12-18-19-16(14)11-15-3-2-5-21(13-15)17(22)4-6-20-7-9-23-10-8-20/h12,15H,2-11,13H2,1H3,(H,18,19)/t15-/m1/s1. The normalized spacial score (nSPS) is 23.2. The first kappa shape index (κ1) is 16.5. The molecule has 0 unspecified atom stereocenters. The van der Waals surface area contributed by atoms with Crippen LogP contribution in [0.3, 0.4) is 0 Å². The van der Waals surface area contributed by atoms with Crippen LogP contribution >= 0.6 is 0 Å². The van der Waals surface area contributed by atoms with Crippen molar-refractivity contribution in [3.05, 3.63) is 17.5 Å². The second kappa shape index (κ2) is 7.93. The van der Waals surface area contributed by atoms with E-state index in [9.17, 15) is 4.79 Å². The number of hydrogen-bond acceptors (Lipinski definition) is 4. The van der Waals surface area contributed by atoms with E-state index in [1.807, 2.05) is 6.20 Å². The van der Waals surface area contributed by atoms with Gasteiger partial charge in [-0.25, -0.2) is 0 Å². The summed E-state index contributed by atoms with van der Waals surface area (Å²) in [5, 5.41) is 7.19. The number of carbonyl (C=O) groups is 1. The molecule has 2 saturated heterocycles. The van der Waals surface area contributed by atoms with Gasteiger partial charge in [-0.1, -0.05) is 0 Å². The summed E-state index contributed by atoms with van der Waals surface area (Å²) in [4.78, 5) is 16.9. The number of amides is 1.